The molecule has 0 saturated heterocycles. The van der Waals surface area contributed by atoms with Crippen molar-refractivity contribution in [3.63, 3.8) is 0 Å². The summed E-state index contributed by atoms with van der Waals surface area (Å²) in [6.45, 7) is 5.26. The van der Waals surface area contributed by atoms with Crippen LogP contribution in [0, 0.1) is 5.92 Å². The number of hydrogen-bond donors (Lipinski definition) is 3. The fraction of sp³-hybridized carbons (Fsp3) is 0.364. The molecule has 3 heterocycles. The number of halogens is 1. The Morgan fingerprint density at radius 1 is 1.33 bits per heavy atom. The topological polar surface area (TPSA) is 144 Å². The molecule has 3 N–H and O–H groups in total. The zero-order valence-corrected chi connectivity index (χ0v) is 22.1. The summed E-state index contributed by atoms with van der Waals surface area (Å²) < 4.78 is 35.0. The van der Waals surface area contributed by atoms with Gasteiger partial charge in [-0.25, -0.2) is 23.1 Å². The van der Waals surface area contributed by atoms with Gasteiger partial charge in [0, 0.05) is 17.0 Å². The summed E-state index contributed by atoms with van der Waals surface area (Å²) in [5.74, 6) is 0.412. The number of nitrogens with zero attached hydrogens (tertiary/aromatic N) is 4. The molecule has 11 nitrogen and oxygen atoms in total. The number of H-pyrrole nitrogens is 1. The number of sulfonamides is 1. The van der Waals surface area contributed by atoms with Crippen LogP contribution in [0.25, 0.3) is 27.4 Å². The Morgan fingerprint density at radius 3 is 2.81 bits per heavy atom. The van der Waals surface area contributed by atoms with Crippen LogP contribution >= 0.6 is 22.9 Å². The number of fused-ring (bicyclic) bond motifs is 1. The molecule has 0 bridgehead atoms. The molecule has 0 unspecified atom stereocenters. The Kier molecular flexibility index (Phi) is 6.27. The summed E-state index contributed by atoms with van der Waals surface area (Å²) in [4.78, 5) is 20.8. The van der Waals surface area contributed by atoms with Crippen molar-refractivity contribution in [3.8, 4) is 22.8 Å². The Bertz CT molecular complexity index is 1550. The van der Waals surface area contributed by atoms with Gasteiger partial charge in [0.05, 0.1) is 16.9 Å². The first kappa shape index (κ1) is 24.7. The molecule has 1 fully saturated rings. The van der Waals surface area contributed by atoms with Gasteiger partial charge in [-0.15, -0.1) is 0 Å². The summed E-state index contributed by atoms with van der Waals surface area (Å²) in [6, 6.07) is 4.93. The maximum atomic E-state index is 12.2. The second-order valence-electron chi connectivity index (χ2n) is 9.53. The zero-order valence-electron chi connectivity index (χ0n) is 19.7. The van der Waals surface area contributed by atoms with E-state index in [1.54, 1.807) is 56.1 Å². The number of amides is 1. The molecule has 4 aromatic rings. The number of hydrogen-bond acceptors (Lipinski definition) is 8. The van der Waals surface area contributed by atoms with Gasteiger partial charge in [0.2, 0.25) is 21.9 Å². The molecule has 3 aromatic heterocycles. The second kappa shape index (κ2) is 9.14. The molecule has 0 spiro atoms. The van der Waals surface area contributed by atoms with E-state index < -0.39 is 21.5 Å². The molecule has 5 rings (SSSR count). The highest BCUT2D eigenvalue weighted by atomic mass is 35.5. The minimum absolute atomic E-state index is 0.0136. The molecule has 0 aliphatic heterocycles. The molecular formula is C22H24ClN7O4S2. The molecule has 190 valence electrons. The fourth-order valence-corrected chi connectivity index (χ4v) is 6.03. The minimum atomic E-state index is -3.64. The van der Waals surface area contributed by atoms with Crippen molar-refractivity contribution in [1.29, 1.82) is 0 Å². The van der Waals surface area contributed by atoms with Gasteiger partial charge in [0.15, 0.2) is 16.6 Å². The lowest BCUT2D eigenvalue weighted by Gasteiger charge is -2.20. The van der Waals surface area contributed by atoms with E-state index in [9.17, 15) is 13.2 Å². The Balaban J connectivity index is 1.37. The zero-order chi connectivity index (χ0) is 25.7. The van der Waals surface area contributed by atoms with Crippen molar-refractivity contribution in [3.05, 3.63) is 35.7 Å². The summed E-state index contributed by atoms with van der Waals surface area (Å²) in [5.41, 5.74) is 1.27. The molecule has 1 aromatic carbocycles. The van der Waals surface area contributed by atoms with Crippen LogP contribution < -0.4 is 14.8 Å². The molecule has 0 radical (unpaired) electrons. The molecule has 1 saturated carbocycles. The predicted molar refractivity (Wildman–Crippen MR) is 138 cm³/mol. The van der Waals surface area contributed by atoms with Crippen molar-refractivity contribution < 1.29 is 17.9 Å². The molecule has 1 aliphatic rings. The number of anilines is 1. The van der Waals surface area contributed by atoms with E-state index in [1.807, 2.05) is 0 Å². The highest BCUT2D eigenvalue weighted by Crippen LogP contribution is 2.36. The first-order valence-electron chi connectivity index (χ1n) is 11.1. The Hall–Kier alpha value is -3.00. The first-order valence-corrected chi connectivity index (χ1v) is 14.0. The van der Waals surface area contributed by atoms with Crippen molar-refractivity contribution in [1.82, 2.24) is 29.5 Å². The number of imidazole rings is 1. The average Bonchev–Trinajstić information content (AvgIpc) is 3.21. The van der Waals surface area contributed by atoms with Crippen molar-refractivity contribution in [2.45, 2.75) is 39.2 Å². The summed E-state index contributed by atoms with van der Waals surface area (Å²) in [7, 11) is -3.64. The molecule has 14 heteroatoms. The quantitative estimate of drug-likeness (QED) is 0.302. The van der Waals surface area contributed by atoms with Crippen molar-refractivity contribution in [2.75, 3.05) is 11.3 Å². The van der Waals surface area contributed by atoms with Gasteiger partial charge in [-0.3, -0.25) is 14.5 Å². The van der Waals surface area contributed by atoms with Crippen LogP contribution in [-0.4, -0.2) is 50.5 Å². The largest absolute Gasteiger partial charge is 0.476 e. The van der Waals surface area contributed by atoms with Gasteiger partial charge in [-0.05, 0) is 51.8 Å². The third-order valence-electron chi connectivity index (χ3n) is 5.20. The summed E-state index contributed by atoms with van der Waals surface area (Å²) >= 11 is 7.88. The van der Waals surface area contributed by atoms with E-state index in [-0.39, 0.29) is 11.8 Å². The number of aromatic nitrogens is 5. The maximum Gasteiger partial charge on any atom is 0.247 e. The van der Waals surface area contributed by atoms with E-state index in [4.69, 9.17) is 16.3 Å². The average molecular weight is 550 g/mol. The van der Waals surface area contributed by atoms with Crippen LogP contribution in [-0.2, 0) is 14.8 Å². The number of nitrogens with one attached hydrogen (secondary N) is 3. The third kappa shape index (κ3) is 5.38. The Morgan fingerprint density at radius 2 is 2.11 bits per heavy atom. The fourth-order valence-electron chi connectivity index (χ4n) is 3.57. The van der Waals surface area contributed by atoms with Crippen molar-refractivity contribution >= 4 is 54.3 Å². The Labute approximate surface area is 216 Å². The molecule has 1 aliphatic carbocycles. The number of thiazole rings is 1. The number of aromatic amines is 1. The lowest BCUT2D eigenvalue weighted by Crippen LogP contribution is -2.42. The second-order valence-corrected chi connectivity index (χ2v) is 12.6. The highest BCUT2D eigenvalue weighted by Gasteiger charge is 2.30. The maximum absolute atomic E-state index is 12.2. The SMILES string of the molecule is CC(C)(C)NS(=O)(=O)COc1ccc(-c2cncn2-c2n[nH]c3nc(NC(=O)C4CC4)sc23)c(Cl)c1. The first-order chi connectivity index (χ1) is 17.0. The van der Waals surface area contributed by atoms with Crippen molar-refractivity contribution in [2.24, 2.45) is 5.92 Å². The molecule has 0 atom stereocenters. The van der Waals surface area contributed by atoms with Crippen LogP contribution in [0.5, 0.6) is 5.75 Å². The van der Waals surface area contributed by atoms with E-state index in [2.05, 4.69) is 30.2 Å². The van der Waals surface area contributed by atoms with Gasteiger partial charge in [-0.2, -0.15) is 5.10 Å². The summed E-state index contributed by atoms with van der Waals surface area (Å²) in [5, 5.41) is 11.0. The monoisotopic (exact) mass is 549 g/mol. The van der Waals surface area contributed by atoms with E-state index in [1.165, 1.54) is 11.3 Å². The lowest BCUT2D eigenvalue weighted by molar-refractivity contribution is -0.117. The van der Waals surface area contributed by atoms with Gasteiger partial charge < -0.3 is 10.1 Å². The number of carbonyl (C=O) groups excluding carboxylic acids is 1. The van der Waals surface area contributed by atoms with Crippen LogP contribution in [0.15, 0.2) is 30.7 Å². The van der Waals surface area contributed by atoms with E-state index in [0.29, 0.717) is 38.6 Å². The normalized spacial score (nSPS) is 14.3. The predicted octanol–water partition coefficient (Wildman–Crippen LogP) is 3.93. The van der Waals surface area contributed by atoms with Crippen LogP contribution in [0.4, 0.5) is 5.13 Å². The minimum Gasteiger partial charge on any atom is -0.476 e. The highest BCUT2D eigenvalue weighted by molar-refractivity contribution is 7.89. The van der Waals surface area contributed by atoms with Gasteiger partial charge in [0.25, 0.3) is 0 Å². The molecule has 1 amide bonds. The van der Waals surface area contributed by atoms with Crippen LogP contribution in [0.1, 0.15) is 33.6 Å². The van der Waals surface area contributed by atoms with Gasteiger partial charge in [0.1, 0.15) is 16.8 Å². The smallest absolute Gasteiger partial charge is 0.247 e. The van der Waals surface area contributed by atoms with Gasteiger partial charge >= 0.3 is 0 Å². The number of carbonyl (C=O) groups is 1. The van der Waals surface area contributed by atoms with Gasteiger partial charge in [-0.1, -0.05) is 22.9 Å². The standard InChI is InChI=1S/C22H24ClN7O4S2/c1-22(2,3)29-36(32,33)11-34-13-6-7-14(15(23)8-13)16-9-24-10-30(16)19-17-18(27-28-19)25-21(35-17)26-20(31)12-4-5-12/h6-10,12,29H,4-5,11H2,1-3H3,(H2,25,26,27,28,31). The van der Waals surface area contributed by atoms with Crippen LogP contribution in [0.3, 0.4) is 0 Å². The number of ether oxygens (including phenoxy) is 1. The lowest BCUT2D eigenvalue weighted by atomic mass is 10.1. The number of rotatable bonds is 8. The summed E-state index contributed by atoms with van der Waals surface area (Å²) in [6.07, 6.45) is 5.08. The van der Waals surface area contributed by atoms with Crippen LogP contribution in [0.2, 0.25) is 5.02 Å². The molecular weight excluding hydrogens is 526 g/mol. The van der Waals surface area contributed by atoms with E-state index >= 15 is 0 Å². The third-order valence-corrected chi connectivity index (χ3v) is 7.83. The van der Waals surface area contributed by atoms with E-state index in [0.717, 1.165) is 17.5 Å². The number of benzene rings is 1. The molecule has 36 heavy (non-hydrogen) atoms.